The van der Waals surface area contributed by atoms with Crippen molar-refractivity contribution in [1.82, 2.24) is 5.32 Å². The molecule has 0 fully saturated rings. The molecule has 0 bridgehead atoms. The number of aliphatic hydroxyl groups is 1. The molecule has 0 aliphatic carbocycles. The molecule has 0 aromatic rings. The van der Waals surface area contributed by atoms with Crippen molar-refractivity contribution in [2.45, 2.75) is 20.0 Å². The Morgan fingerprint density at radius 3 is 2.25 bits per heavy atom. The average molecular weight is 175 g/mol. The molecule has 0 unspecified atom stereocenters. The van der Waals surface area contributed by atoms with Crippen LogP contribution < -0.4 is 5.32 Å². The van der Waals surface area contributed by atoms with Gasteiger partial charge in [-0.25, -0.2) is 4.79 Å². The second-order valence-corrected chi connectivity index (χ2v) is 2.75. The first-order valence-electron chi connectivity index (χ1n) is 3.63. The Bertz CT molecular complexity index is 178. The summed E-state index contributed by atoms with van der Waals surface area (Å²) in [5.74, 6) is -1.81. The van der Waals surface area contributed by atoms with E-state index in [-0.39, 0.29) is 18.4 Å². The van der Waals surface area contributed by atoms with E-state index in [2.05, 4.69) is 5.32 Å². The monoisotopic (exact) mass is 175 g/mol. The van der Waals surface area contributed by atoms with Crippen LogP contribution in [0.3, 0.4) is 0 Å². The van der Waals surface area contributed by atoms with Gasteiger partial charge >= 0.3 is 5.97 Å². The Morgan fingerprint density at radius 2 is 1.92 bits per heavy atom. The molecule has 5 nitrogen and oxygen atoms in total. The van der Waals surface area contributed by atoms with Gasteiger partial charge in [-0.05, 0) is 0 Å². The molecule has 0 saturated heterocycles. The van der Waals surface area contributed by atoms with Gasteiger partial charge in [-0.3, -0.25) is 4.79 Å². The number of rotatable bonds is 4. The van der Waals surface area contributed by atoms with Crippen molar-refractivity contribution in [3.8, 4) is 0 Å². The normalized spacial score (nSPS) is 12.7. The molecule has 0 aliphatic rings. The van der Waals surface area contributed by atoms with E-state index in [4.69, 9.17) is 10.2 Å². The molecule has 1 amide bonds. The molecule has 0 spiro atoms. The Labute approximate surface area is 70.4 Å². The zero-order chi connectivity index (χ0) is 9.72. The molecule has 1 atom stereocenters. The lowest BCUT2D eigenvalue weighted by atomic mass is 10.2. The predicted octanol–water partition coefficient (Wildman–Crippen LogP) is -0.796. The lowest BCUT2D eigenvalue weighted by molar-refractivity contribution is -0.146. The van der Waals surface area contributed by atoms with Crippen LogP contribution in [0.4, 0.5) is 0 Å². The molecule has 3 N–H and O–H groups in total. The largest absolute Gasteiger partial charge is 0.479 e. The summed E-state index contributed by atoms with van der Waals surface area (Å²) in [6.45, 7) is 3.12. The van der Waals surface area contributed by atoms with E-state index in [1.807, 2.05) is 0 Å². The van der Waals surface area contributed by atoms with Gasteiger partial charge in [0.2, 0.25) is 5.91 Å². The second kappa shape index (κ2) is 4.71. The van der Waals surface area contributed by atoms with E-state index in [0.29, 0.717) is 0 Å². The Morgan fingerprint density at radius 1 is 1.42 bits per heavy atom. The van der Waals surface area contributed by atoms with Crippen molar-refractivity contribution in [2.24, 2.45) is 5.92 Å². The third kappa shape index (κ3) is 3.92. The van der Waals surface area contributed by atoms with E-state index in [9.17, 15) is 9.59 Å². The quantitative estimate of drug-likeness (QED) is 0.522. The predicted molar refractivity (Wildman–Crippen MR) is 41.5 cm³/mol. The molecule has 0 aromatic heterocycles. The van der Waals surface area contributed by atoms with Crippen LogP contribution in [-0.2, 0) is 9.59 Å². The lowest BCUT2D eigenvalue weighted by Crippen LogP contribution is -2.38. The van der Waals surface area contributed by atoms with Crippen LogP contribution in [-0.4, -0.2) is 34.7 Å². The van der Waals surface area contributed by atoms with Gasteiger partial charge < -0.3 is 15.5 Å². The molecule has 5 heteroatoms. The van der Waals surface area contributed by atoms with Gasteiger partial charge in [-0.15, -0.1) is 0 Å². The van der Waals surface area contributed by atoms with Gasteiger partial charge in [0, 0.05) is 5.92 Å². The van der Waals surface area contributed by atoms with Crippen molar-refractivity contribution >= 4 is 11.9 Å². The number of carbonyl (C=O) groups excluding carboxylic acids is 1. The molecular formula is C7H13NO4. The fraction of sp³-hybridized carbons (Fsp3) is 0.714. The minimum absolute atomic E-state index is 0.203. The van der Waals surface area contributed by atoms with E-state index >= 15 is 0 Å². The Balaban J connectivity index is 3.69. The highest BCUT2D eigenvalue weighted by Crippen LogP contribution is 1.90. The minimum Gasteiger partial charge on any atom is -0.479 e. The summed E-state index contributed by atoms with van der Waals surface area (Å²) >= 11 is 0. The number of aliphatic hydroxyl groups excluding tert-OH is 1. The van der Waals surface area contributed by atoms with E-state index < -0.39 is 12.1 Å². The van der Waals surface area contributed by atoms with E-state index in [1.54, 1.807) is 13.8 Å². The Hall–Kier alpha value is -1.10. The van der Waals surface area contributed by atoms with Crippen LogP contribution in [0.1, 0.15) is 13.8 Å². The topological polar surface area (TPSA) is 86.6 Å². The Kier molecular flexibility index (Phi) is 4.28. The number of carboxylic acids is 1. The molecule has 0 aromatic carbocycles. The number of hydrogen-bond donors (Lipinski definition) is 3. The maximum absolute atomic E-state index is 10.9. The zero-order valence-electron chi connectivity index (χ0n) is 7.07. The van der Waals surface area contributed by atoms with Crippen molar-refractivity contribution in [3.05, 3.63) is 0 Å². The van der Waals surface area contributed by atoms with Gasteiger partial charge in [-0.1, -0.05) is 13.8 Å². The van der Waals surface area contributed by atoms with Crippen LogP contribution >= 0.6 is 0 Å². The minimum atomic E-state index is -1.52. The van der Waals surface area contributed by atoms with Crippen molar-refractivity contribution < 1.29 is 19.8 Å². The number of aliphatic carboxylic acids is 1. The summed E-state index contributed by atoms with van der Waals surface area (Å²) in [6.07, 6.45) is -1.52. The van der Waals surface area contributed by atoms with Crippen LogP contribution in [0.15, 0.2) is 0 Å². The number of nitrogens with one attached hydrogen (secondary N) is 1. The van der Waals surface area contributed by atoms with Crippen LogP contribution in [0, 0.1) is 5.92 Å². The molecule has 0 aliphatic heterocycles. The number of carbonyl (C=O) groups is 2. The average Bonchev–Trinajstić information content (AvgIpc) is 1.98. The lowest BCUT2D eigenvalue weighted by Gasteiger charge is -2.09. The summed E-state index contributed by atoms with van der Waals surface area (Å²) in [4.78, 5) is 20.9. The van der Waals surface area contributed by atoms with Crippen molar-refractivity contribution in [2.75, 3.05) is 6.54 Å². The van der Waals surface area contributed by atoms with Gasteiger partial charge in [0.15, 0.2) is 6.10 Å². The first-order chi connectivity index (χ1) is 5.45. The summed E-state index contributed by atoms with van der Waals surface area (Å²) in [6, 6.07) is 0. The van der Waals surface area contributed by atoms with Crippen LogP contribution in [0.2, 0.25) is 0 Å². The molecule has 0 heterocycles. The fourth-order valence-electron chi connectivity index (χ4n) is 0.489. The molecule has 0 saturated carbocycles. The highest BCUT2D eigenvalue weighted by Gasteiger charge is 2.14. The molecule has 0 radical (unpaired) electrons. The molecule has 12 heavy (non-hydrogen) atoms. The number of hydrogen-bond acceptors (Lipinski definition) is 3. The summed E-state index contributed by atoms with van der Waals surface area (Å²) in [5, 5.41) is 19.3. The smallest absolute Gasteiger partial charge is 0.334 e. The molecule has 70 valence electrons. The second-order valence-electron chi connectivity index (χ2n) is 2.75. The van der Waals surface area contributed by atoms with E-state index in [0.717, 1.165) is 0 Å². The highest BCUT2D eigenvalue weighted by atomic mass is 16.4. The number of carboxylic acid groups (broad SMARTS) is 1. The maximum Gasteiger partial charge on any atom is 0.334 e. The van der Waals surface area contributed by atoms with Gasteiger partial charge in [0.25, 0.3) is 0 Å². The number of amides is 1. The van der Waals surface area contributed by atoms with Gasteiger partial charge in [-0.2, -0.15) is 0 Å². The van der Waals surface area contributed by atoms with Crippen molar-refractivity contribution in [1.29, 1.82) is 0 Å². The van der Waals surface area contributed by atoms with Crippen LogP contribution in [0.5, 0.6) is 0 Å². The van der Waals surface area contributed by atoms with Crippen LogP contribution in [0.25, 0.3) is 0 Å². The summed E-state index contributed by atoms with van der Waals surface area (Å²) in [5.41, 5.74) is 0. The first kappa shape index (κ1) is 10.9. The summed E-state index contributed by atoms with van der Waals surface area (Å²) in [7, 11) is 0. The molecule has 0 rings (SSSR count). The highest BCUT2D eigenvalue weighted by molar-refractivity contribution is 5.79. The van der Waals surface area contributed by atoms with Gasteiger partial charge in [0.1, 0.15) is 0 Å². The fourth-order valence-corrected chi connectivity index (χ4v) is 0.489. The maximum atomic E-state index is 10.9. The van der Waals surface area contributed by atoms with Crippen molar-refractivity contribution in [3.63, 3.8) is 0 Å². The summed E-state index contributed by atoms with van der Waals surface area (Å²) < 4.78 is 0. The standard InChI is InChI=1S/C7H13NO4/c1-4(2)6(10)8-3-5(9)7(11)12/h4-5,9H,3H2,1-2H3,(H,8,10)(H,11,12)/t5-/m0/s1. The van der Waals surface area contributed by atoms with Gasteiger partial charge in [0.05, 0.1) is 6.54 Å². The molecular weight excluding hydrogens is 162 g/mol. The van der Waals surface area contributed by atoms with E-state index in [1.165, 1.54) is 0 Å². The SMILES string of the molecule is CC(C)C(=O)NC[C@H](O)C(=O)O. The third-order valence-corrected chi connectivity index (χ3v) is 1.28. The first-order valence-corrected chi connectivity index (χ1v) is 3.63. The zero-order valence-corrected chi connectivity index (χ0v) is 7.07. The third-order valence-electron chi connectivity index (χ3n) is 1.28.